The van der Waals surface area contributed by atoms with E-state index in [4.69, 9.17) is 8.94 Å². The van der Waals surface area contributed by atoms with Crippen LogP contribution in [0.1, 0.15) is 36.8 Å². The normalized spacial score (nSPS) is 16.2. The maximum Gasteiger partial charge on any atom is 0.298 e. The molecule has 1 aromatic carbocycles. The molecule has 3 aromatic rings. The molecule has 0 atom stereocenters. The highest BCUT2D eigenvalue weighted by Gasteiger charge is 2.22. The van der Waals surface area contributed by atoms with Crippen LogP contribution in [0.25, 0.3) is 11.1 Å². The summed E-state index contributed by atoms with van der Waals surface area (Å²) in [4.78, 5) is 9.24. The molecule has 4 rings (SSSR count). The highest BCUT2D eigenvalue weighted by Crippen LogP contribution is 2.24. The van der Waals surface area contributed by atoms with Crippen molar-refractivity contribution >= 4 is 17.1 Å². The van der Waals surface area contributed by atoms with Crippen LogP contribution in [0.2, 0.25) is 0 Å². The fourth-order valence-electron chi connectivity index (χ4n) is 3.15. The molecule has 6 heteroatoms. The van der Waals surface area contributed by atoms with Gasteiger partial charge < -0.3 is 13.8 Å². The molecule has 1 aliphatic rings. The number of aryl methyl sites for hydroxylation is 1. The van der Waals surface area contributed by atoms with Crippen LogP contribution in [0, 0.1) is 6.92 Å². The van der Waals surface area contributed by atoms with Gasteiger partial charge in [-0.3, -0.25) is 4.90 Å². The molecule has 0 radical (unpaired) electrons. The number of rotatable bonds is 4. The Hall–Kier alpha value is -2.34. The number of anilines is 1. The number of hydrogen-bond donors (Lipinski definition) is 0. The second-order valence-electron chi connectivity index (χ2n) is 7.10. The van der Waals surface area contributed by atoms with E-state index in [-0.39, 0.29) is 0 Å². The first-order chi connectivity index (χ1) is 12.1. The third-order valence-electron chi connectivity index (χ3n) is 4.72. The molecule has 0 N–H and O–H groups in total. The monoisotopic (exact) mass is 340 g/mol. The van der Waals surface area contributed by atoms with E-state index < -0.39 is 0 Å². The van der Waals surface area contributed by atoms with Crippen LogP contribution in [0.5, 0.6) is 0 Å². The van der Waals surface area contributed by atoms with Crippen molar-refractivity contribution < 1.29 is 8.94 Å². The van der Waals surface area contributed by atoms with E-state index in [1.54, 1.807) is 0 Å². The topological polar surface area (TPSA) is 58.5 Å². The molecule has 0 amide bonds. The Kier molecular flexibility index (Phi) is 4.21. The van der Waals surface area contributed by atoms with Gasteiger partial charge in [-0.1, -0.05) is 25.1 Å². The lowest BCUT2D eigenvalue weighted by atomic mass is 10.1. The molecule has 0 unspecified atom stereocenters. The standard InChI is InChI=1S/C19H24N4O2/c1-13(2)16-11-15(25-21-16)12-22-6-8-23(9-7-22)19-20-17-10-14(3)4-5-18(17)24-19/h4-5,10-11,13H,6-9,12H2,1-3H3. The predicted molar refractivity (Wildman–Crippen MR) is 96.8 cm³/mol. The highest BCUT2D eigenvalue weighted by atomic mass is 16.5. The smallest absolute Gasteiger partial charge is 0.298 e. The molecule has 0 aliphatic carbocycles. The summed E-state index contributed by atoms with van der Waals surface area (Å²) in [7, 11) is 0. The first kappa shape index (κ1) is 16.1. The average Bonchev–Trinajstić information content (AvgIpc) is 3.22. The number of fused-ring (bicyclic) bond motifs is 1. The molecule has 1 saturated heterocycles. The van der Waals surface area contributed by atoms with Gasteiger partial charge in [0.25, 0.3) is 6.01 Å². The molecule has 25 heavy (non-hydrogen) atoms. The summed E-state index contributed by atoms with van der Waals surface area (Å²) >= 11 is 0. The first-order valence-electron chi connectivity index (χ1n) is 8.88. The number of oxazole rings is 1. The Bertz CT molecular complexity index is 859. The molecule has 1 fully saturated rings. The van der Waals surface area contributed by atoms with Crippen molar-refractivity contribution in [2.75, 3.05) is 31.1 Å². The van der Waals surface area contributed by atoms with Gasteiger partial charge in [-0.15, -0.1) is 0 Å². The third kappa shape index (κ3) is 3.39. The van der Waals surface area contributed by atoms with E-state index in [1.165, 1.54) is 5.56 Å². The average molecular weight is 340 g/mol. The number of nitrogens with zero attached hydrogens (tertiary/aromatic N) is 4. The van der Waals surface area contributed by atoms with Crippen LogP contribution in [0.4, 0.5) is 6.01 Å². The van der Waals surface area contributed by atoms with E-state index in [9.17, 15) is 0 Å². The molecule has 1 aliphatic heterocycles. The Morgan fingerprint density at radius 3 is 2.64 bits per heavy atom. The van der Waals surface area contributed by atoms with Gasteiger partial charge in [0.2, 0.25) is 0 Å². The fraction of sp³-hybridized carbons (Fsp3) is 0.474. The summed E-state index contributed by atoms with van der Waals surface area (Å²) in [6.45, 7) is 10.8. The predicted octanol–water partition coefficient (Wildman–Crippen LogP) is 3.57. The molecular weight excluding hydrogens is 316 g/mol. The lowest BCUT2D eigenvalue weighted by Crippen LogP contribution is -2.46. The van der Waals surface area contributed by atoms with Gasteiger partial charge >= 0.3 is 0 Å². The Morgan fingerprint density at radius 2 is 1.92 bits per heavy atom. The van der Waals surface area contributed by atoms with Crippen molar-refractivity contribution in [3.63, 3.8) is 0 Å². The highest BCUT2D eigenvalue weighted by molar-refractivity contribution is 5.75. The maximum absolute atomic E-state index is 5.91. The molecule has 3 heterocycles. The van der Waals surface area contributed by atoms with Crippen LogP contribution in [0.3, 0.4) is 0 Å². The van der Waals surface area contributed by atoms with Crippen LogP contribution in [-0.2, 0) is 6.54 Å². The quantitative estimate of drug-likeness (QED) is 0.724. The van der Waals surface area contributed by atoms with E-state index in [0.717, 1.165) is 61.3 Å². The number of piperazine rings is 1. The minimum atomic E-state index is 0.400. The van der Waals surface area contributed by atoms with E-state index in [1.807, 2.05) is 6.07 Å². The lowest BCUT2D eigenvalue weighted by molar-refractivity contribution is 0.216. The summed E-state index contributed by atoms with van der Waals surface area (Å²) in [6, 6.07) is 8.91. The fourth-order valence-corrected chi connectivity index (χ4v) is 3.15. The Balaban J connectivity index is 1.38. The summed E-state index contributed by atoms with van der Waals surface area (Å²) < 4.78 is 11.4. The Labute approximate surface area is 147 Å². The second kappa shape index (κ2) is 6.52. The second-order valence-corrected chi connectivity index (χ2v) is 7.10. The minimum absolute atomic E-state index is 0.400. The van der Waals surface area contributed by atoms with Gasteiger partial charge in [0.15, 0.2) is 11.3 Å². The summed E-state index contributed by atoms with van der Waals surface area (Å²) in [6.07, 6.45) is 0. The summed E-state index contributed by atoms with van der Waals surface area (Å²) in [5.74, 6) is 1.34. The van der Waals surface area contributed by atoms with Gasteiger partial charge in [-0.2, -0.15) is 4.98 Å². The van der Waals surface area contributed by atoms with Crippen molar-refractivity contribution in [2.24, 2.45) is 0 Å². The third-order valence-corrected chi connectivity index (χ3v) is 4.72. The molecule has 0 bridgehead atoms. The van der Waals surface area contributed by atoms with Crippen LogP contribution in [0.15, 0.2) is 33.2 Å². The molecular formula is C19H24N4O2. The maximum atomic E-state index is 5.91. The van der Waals surface area contributed by atoms with Crippen molar-refractivity contribution in [1.29, 1.82) is 0 Å². The number of benzene rings is 1. The van der Waals surface area contributed by atoms with Gasteiger partial charge in [-0.05, 0) is 30.5 Å². The molecule has 0 saturated carbocycles. The molecule has 132 valence electrons. The van der Waals surface area contributed by atoms with Crippen LogP contribution in [-0.4, -0.2) is 41.2 Å². The summed E-state index contributed by atoms with van der Waals surface area (Å²) in [5, 5.41) is 4.14. The van der Waals surface area contributed by atoms with Crippen molar-refractivity contribution in [1.82, 2.24) is 15.0 Å². The van der Waals surface area contributed by atoms with Crippen molar-refractivity contribution in [2.45, 2.75) is 33.2 Å². The molecule has 6 nitrogen and oxygen atoms in total. The van der Waals surface area contributed by atoms with Gasteiger partial charge in [-0.25, -0.2) is 0 Å². The van der Waals surface area contributed by atoms with E-state index in [0.29, 0.717) is 5.92 Å². The zero-order valence-electron chi connectivity index (χ0n) is 15.0. The summed E-state index contributed by atoms with van der Waals surface area (Å²) in [5.41, 5.74) is 4.01. The Morgan fingerprint density at radius 1 is 1.12 bits per heavy atom. The van der Waals surface area contributed by atoms with Crippen molar-refractivity contribution in [3.05, 3.63) is 41.3 Å². The largest absolute Gasteiger partial charge is 0.423 e. The number of aromatic nitrogens is 2. The molecule has 2 aromatic heterocycles. The van der Waals surface area contributed by atoms with E-state index >= 15 is 0 Å². The lowest BCUT2D eigenvalue weighted by Gasteiger charge is -2.33. The first-order valence-corrected chi connectivity index (χ1v) is 8.88. The van der Waals surface area contributed by atoms with Crippen LogP contribution < -0.4 is 4.90 Å². The van der Waals surface area contributed by atoms with Crippen LogP contribution >= 0.6 is 0 Å². The zero-order chi connectivity index (χ0) is 17.4. The minimum Gasteiger partial charge on any atom is -0.423 e. The molecule has 0 spiro atoms. The zero-order valence-corrected chi connectivity index (χ0v) is 15.0. The van der Waals surface area contributed by atoms with E-state index in [2.05, 4.69) is 58.9 Å². The van der Waals surface area contributed by atoms with Gasteiger partial charge in [0, 0.05) is 32.2 Å². The van der Waals surface area contributed by atoms with Gasteiger partial charge in [0.1, 0.15) is 5.52 Å². The SMILES string of the molecule is Cc1ccc2oc(N3CCN(Cc4cc(C(C)C)no4)CC3)nc2c1. The van der Waals surface area contributed by atoms with Crippen molar-refractivity contribution in [3.8, 4) is 0 Å². The van der Waals surface area contributed by atoms with Gasteiger partial charge in [0.05, 0.1) is 12.2 Å². The number of hydrogen-bond acceptors (Lipinski definition) is 6.